The van der Waals surface area contributed by atoms with E-state index in [-0.39, 0.29) is 10.3 Å². The summed E-state index contributed by atoms with van der Waals surface area (Å²) in [5.74, 6) is 0. The van der Waals surface area contributed by atoms with E-state index in [1.807, 2.05) is 6.07 Å². The van der Waals surface area contributed by atoms with E-state index >= 15 is 0 Å². The zero-order valence-corrected chi connectivity index (χ0v) is 12.3. The van der Waals surface area contributed by atoms with E-state index < -0.39 is 10.0 Å². The molecule has 1 aromatic rings. The monoisotopic (exact) mass is 293 g/mol. The van der Waals surface area contributed by atoms with Crippen molar-refractivity contribution in [2.75, 3.05) is 19.6 Å². The van der Waals surface area contributed by atoms with Crippen LogP contribution < -0.4 is 10.0 Å². The number of hydrogen-bond donors (Lipinski definition) is 2. The van der Waals surface area contributed by atoms with Gasteiger partial charge in [0.1, 0.15) is 0 Å². The highest BCUT2D eigenvalue weighted by Crippen LogP contribution is 2.27. The van der Waals surface area contributed by atoms with Gasteiger partial charge in [-0.15, -0.1) is 0 Å². The van der Waals surface area contributed by atoms with Crippen molar-refractivity contribution >= 4 is 10.0 Å². The van der Waals surface area contributed by atoms with Crippen molar-refractivity contribution in [1.82, 2.24) is 10.0 Å². The first-order valence-electron chi connectivity index (χ1n) is 6.66. The van der Waals surface area contributed by atoms with Crippen LogP contribution in [0.1, 0.15) is 25.3 Å². The summed E-state index contributed by atoms with van der Waals surface area (Å²) < 4.78 is 27.1. The van der Waals surface area contributed by atoms with E-state index in [2.05, 4.69) is 17.0 Å². The lowest BCUT2D eigenvalue weighted by molar-refractivity contribution is 0.232. The summed E-state index contributed by atoms with van der Waals surface area (Å²) >= 11 is 0. The number of hydrogen-bond acceptors (Lipinski definition) is 4. The van der Waals surface area contributed by atoms with Crippen molar-refractivity contribution < 1.29 is 8.42 Å². The molecule has 2 N–H and O–H groups in total. The van der Waals surface area contributed by atoms with Crippen LogP contribution >= 0.6 is 0 Å². The van der Waals surface area contributed by atoms with Crippen molar-refractivity contribution in [3.63, 3.8) is 0 Å². The fourth-order valence-electron chi connectivity index (χ4n) is 2.27. The molecule has 1 fully saturated rings. The molecule has 1 aliphatic heterocycles. The van der Waals surface area contributed by atoms with Crippen molar-refractivity contribution in [2.24, 2.45) is 5.41 Å². The SMILES string of the molecule is CC1(CNS(=O)(=O)c2ccc(C#N)cc2)CCNCC1. The molecule has 108 valence electrons. The van der Waals surface area contributed by atoms with E-state index in [0.29, 0.717) is 12.1 Å². The molecule has 1 saturated heterocycles. The first-order valence-corrected chi connectivity index (χ1v) is 8.14. The maximum Gasteiger partial charge on any atom is 0.240 e. The van der Waals surface area contributed by atoms with Crippen LogP contribution in [-0.2, 0) is 10.0 Å². The molecule has 6 heteroatoms. The number of sulfonamides is 1. The van der Waals surface area contributed by atoms with Crippen LogP contribution in [0.4, 0.5) is 0 Å². The minimum atomic E-state index is -3.50. The number of nitrogens with zero attached hydrogens (tertiary/aromatic N) is 1. The summed E-state index contributed by atoms with van der Waals surface area (Å²) in [5, 5.41) is 12.0. The lowest BCUT2D eigenvalue weighted by atomic mass is 9.81. The Bertz CT molecular complexity index is 596. The summed E-state index contributed by atoms with van der Waals surface area (Å²) in [6.45, 7) is 4.40. The molecule has 0 atom stereocenters. The van der Waals surface area contributed by atoms with Gasteiger partial charge in [-0.3, -0.25) is 0 Å². The van der Waals surface area contributed by atoms with Gasteiger partial charge in [0, 0.05) is 6.54 Å². The highest BCUT2D eigenvalue weighted by Gasteiger charge is 2.28. The Morgan fingerprint density at radius 2 is 1.90 bits per heavy atom. The molecule has 20 heavy (non-hydrogen) atoms. The Kier molecular flexibility index (Phi) is 4.43. The predicted octanol–water partition coefficient (Wildman–Crippen LogP) is 1.23. The summed E-state index contributed by atoms with van der Waals surface area (Å²) in [7, 11) is -3.50. The third-order valence-electron chi connectivity index (χ3n) is 3.79. The Hall–Kier alpha value is -1.42. The van der Waals surface area contributed by atoms with Crippen LogP contribution in [0.25, 0.3) is 0 Å². The minimum absolute atomic E-state index is 0.00488. The van der Waals surface area contributed by atoms with Gasteiger partial charge >= 0.3 is 0 Å². The Morgan fingerprint density at radius 1 is 1.30 bits per heavy atom. The predicted molar refractivity (Wildman–Crippen MR) is 76.6 cm³/mol. The molecule has 0 aliphatic carbocycles. The molecule has 1 heterocycles. The van der Waals surface area contributed by atoms with E-state index in [1.165, 1.54) is 24.3 Å². The first kappa shape index (κ1) is 15.0. The van der Waals surface area contributed by atoms with E-state index in [0.717, 1.165) is 25.9 Å². The topological polar surface area (TPSA) is 82.0 Å². The number of benzene rings is 1. The largest absolute Gasteiger partial charge is 0.317 e. The van der Waals surface area contributed by atoms with Crippen LogP contribution in [0.15, 0.2) is 29.2 Å². The quantitative estimate of drug-likeness (QED) is 0.874. The van der Waals surface area contributed by atoms with Gasteiger partial charge in [0.15, 0.2) is 0 Å². The van der Waals surface area contributed by atoms with Crippen LogP contribution in [0.2, 0.25) is 0 Å². The van der Waals surface area contributed by atoms with Gasteiger partial charge in [-0.2, -0.15) is 5.26 Å². The molecule has 2 rings (SSSR count). The highest BCUT2D eigenvalue weighted by atomic mass is 32.2. The molecule has 0 radical (unpaired) electrons. The lowest BCUT2D eigenvalue weighted by Crippen LogP contribution is -2.42. The molecular formula is C14H19N3O2S. The molecule has 0 unspecified atom stereocenters. The molecule has 0 bridgehead atoms. The van der Waals surface area contributed by atoms with E-state index in [1.54, 1.807) is 0 Å². The molecule has 0 aromatic heterocycles. The normalized spacial score (nSPS) is 18.4. The Balaban J connectivity index is 2.05. The average Bonchev–Trinajstić information content (AvgIpc) is 2.46. The van der Waals surface area contributed by atoms with Crippen LogP contribution in [0, 0.1) is 16.7 Å². The molecule has 5 nitrogen and oxygen atoms in total. The molecule has 1 aromatic carbocycles. The summed E-state index contributed by atoms with van der Waals surface area (Å²) in [5.41, 5.74) is 0.458. The van der Waals surface area contributed by atoms with E-state index in [4.69, 9.17) is 5.26 Å². The minimum Gasteiger partial charge on any atom is -0.317 e. The maximum atomic E-state index is 12.2. The first-order chi connectivity index (χ1) is 9.45. The number of nitrogens with one attached hydrogen (secondary N) is 2. The average molecular weight is 293 g/mol. The number of rotatable bonds is 4. The van der Waals surface area contributed by atoms with Gasteiger partial charge in [0.2, 0.25) is 10.0 Å². The van der Waals surface area contributed by atoms with Crippen LogP contribution in [-0.4, -0.2) is 28.1 Å². The van der Waals surface area contributed by atoms with Crippen molar-refractivity contribution in [3.8, 4) is 6.07 Å². The zero-order chi connectivity index (χ0) is 14.6. The standard InChI is InChI=1S/C14H19N3O2S/c1-14(6-8-16-9-7-14)11-17-20(18,19)13-4-2-12(10-15)3-5-13/h2-5,16-17H,6-9,11H2,1H3. The number of nitriles is 1. The van der Waals surface area contributed by atoms with Gasteiger partial charge in [0.25, 0.3) is 0 Å². The van der Waals surface area contributed by atoms with Gasteiger partial charge in [-0.25, -0.2) is 13.1 Å². The Labute approximate surface area is 120 Å². The fourth-order valence-corrected chi connectivity index (χ4v) is 3.47. The van der Waals surface area contributed by atoms with Gasteiger partial charge in [-0.1, -0.05) is 6.92 Å². The number of piperidine rings is 1. The third kappa shape index (κ3) is 3.57. The van der Waals surface area contributed by atoms with Crippen molar-refractivity contribution in [1.29, 1.82) is 5.26 Å². The molecule has 0 saturated carbocycles. The molecule has 0 spiro atoms. The second-order valence-electron chi connectivity index (χ2n) is 5.52. The fraction of sp³-hybridized carbons (Fsp3) is 0.500. The van der Waals surface area contributed by atoms with E-state index in [9.17, 15) is 8.42 Å². The Morgan fingerprint density at radius 3 is 2.45 bits per heavy atom. The van der Waals surface area contributed by atoms with Crippen LogP contribution in [0.5, 0.6) is 0 Å². The second-order valence-corrected chi connectivity index (χ2v) is 7.29. The maximum absolute atomic E-state index is 12.2. The summed E-state index contributed by atoms with van der Waals surface area (Å²) in [4.78, 5) is 0.203. The van der Waals surface area contributed by atoms with Crippen LogP contribution in [0.3, 0.4) is 0 Å². The third-order valence-corrected chi connectivity index (χ3v) is 5.21. The highest BCUT2D eigenvalue weighted by molar-refractivity contribution is 7.89. The molecule has 0 amide bonds. The summed E-state index contributed by atoms with van der Waals surface area (Å²) in [6, 6.07) is 7.93. The summed E-state index contributed by atoms with van der Waals surface area (Å²) in [6.07, 6.45) is 1.92. The zero-order valence-electron chi connectivity index (χ0n) is 11.5. The molecular weight excluding hydrogens is 274 g/mol. The van der Waals surface area contributed by atoms with Gasteiger partial charge < -0.3 is 5.32 Å². The van der Waals surface area contributed by atoms with Crippen molar-refractivity contribution in [2.45, 2.75) is 24.7 Å². The van der Waals surface area contributed by atoms with Gasteiger partial charge in [-0.05, 0) is 55.6 Å². The van der Waals surface area contributed by atoms with Gasteiger partial charge in [0.05, 0.1) is 16.5 Å². The van der Waals surface area contributed by atoms with Crippen molar-refractivity contribution in [3.05, 3.63) is 29.8 Å². The lowest BCUT2D eigenvalue weighted by Gasteiger charge is -2.34. The smallest absolute Gasteiger partial charge is 0.240 e. The molecule has 1 aliphatic rings. The second kappa shape index (κ2) is 5.92.